The lowest BCUT2D eigenvalue weighted by Gasteiger charge is -2.24. The first kappa shape index (κ1) is 11.3. The summed E-state index contributed by atoms with van der Waals surface area (Å²) in [4.78, 5) is 2.44. The van der Waals surface area contributed by atoms with Crippen LogP contribution in [-0.2, 0) is 0 Å². The summed E-state index contributed by atoms with van der Waals surface area (Å²) in [7, 11) is 0. The monoisotopic (exact) mass is 219 g/mol. The molecule has 1 aromatic rings. The molecule has 2 rings (SSSR count). The van der Waals surface area contributed by atoms with Gasteiger partial charge in [-0.15, -0.1) is 0 Å². The van der Waals surface area contributed by atoms with Crippen molar-refractivity contribution in [3.8, 4) is 0 Å². The summed E-state index contributed by atoms with van der Waals surface area (Å²) in [6, 6.07) is 6.71. The lowest BCUT2D eigenvalue weighted by atomic mass is 10.1. The molecule has 0 aliphatic carbocycles. The highest BCUT2D eigenvalue weighted by atomic mass is 19.1. The highest BCUT2D eigenvalue weighted by molar-refractivity contribution is 5.49. The molecule has 1 nitrogen and oxygen atoms in total. The third kappa shape index (κ3) is 3.46. The van der Waals surface area contributed by atoms with E-state index in [-0.39, 0.29) is 5.82 Å². The molecule has 1 saturated heterocycles. The normalized spacial score (nSPS) is 18.1. The fraction of sp³-hybridized carbons (Fsp3) is 0.429. The molecule has 0 unspecified atom stereocenters. The maximum Gasteiger partial charge on any atom is 0.123 e. The molecule has 0 saturated carbocycles. The van der Waals surface area contributed by atoms with Crippen LogP contribution >= 0.6 is 0 Å². The zero-order valence-electron chi connectivity index (χ0n) is 9.53. The molecule has 2 heteroatoms. The van der Waals surface area contributed by atoms with Gasteiger partial charge < -0.3 is 0 Å². The third-order valence-corrected chi connectivity index (χ3v) is 2.97. The van der Waals surface area contributed by atoms with E-state index < -0.39 is 0 Å². The maximum atomic E-state index is 12.9. The van der Waals surface area contributed by atoms with Gasteiger partial charge in [0.15, 0.2) is 0 Å². The van der Waals surface area contributed by atoms with E-state index in [4.69, 9.17) is 0 Å². The summed E-state index contributed by atoms with van der Waals surface area (Å²) >= 11 is 0. The van der Waals surface area contributed by atoms with Gasteiger partial charge in [-0.3, -0.25) is 4.90 Å². The van der Waals surface area contributed by atoms with Crippen LogP contribution in [0.1, 0.15) is 24.8 Å². The van der Waals surface area contributed by atoms with E-state index in [1.807, 2.05) is 12.1 Å². The van der Waals surface area contributed by atoms with Crippen molar-refractivity contribution in [2.24, 2.45) is 0 Å². The molecule has 1 aliphatic heterocycles. The molecule has 0 N–H and O–H groups in total. The minimum Gasteiger partial charge on any atom is -0.300 e. The van der Waals surface area contributed by atoms with E-state index in [1.54, 1.807) is 12.1 Å². The molecule has 0 atom stereocenters. The van der Waals surface area contributed by atoms with Crippen LogP contribution < -0.4 is 0 Å². The first-order chi connectivity index (χ1) is 7.84. The van der Waals surface area contributed by atoms with Gasteiger partial charge in [0.05, 0.1) is 0 Å². The number of halogens is 1. The van der Waals surface area contributed by atoms with Crippen molar-refractivity contribution in [1.29, 1.82) is 0 Å². The summed E-state index contributed by atoms with van der Waals surface area (Å²) in [5, 5.41) is 0. The molecule has 0 aromatic heterocycles. The molecule has 0 radical (unpaired) electrons. The minimum atomic E-state index is -0.167. The molecule has 1 fully saturated rings. The largest absolute Gasteiger partial charge is 0.300 e. The third-order valence-electron chi connectivity index (χ3n) is 2.97. The Balaban J connectivity index is 1.84. The molecule has 0 amide bonds. The zero-order chi connectivity index (χ0) is 11.2. The smallest absolute Gasteiger partial charge is 0.123 e. The predicted octanol–water partition coefficient (Wildman–Crippen LogP) is 3.32. The Labute approximate surface area is 96.6 Å². The average Bonchev–Trinajstić information content (AvgIpc) is 2.30. The summed E-state index contributed by atoms with van der Waals surface area (Å²) in [6.07, 6.45) is 8.11. The van der Waals surface area contributed by atoms with Crippen molar-refractivity contribution in [3.63, 3.8) is 0 Å². The quantitative estimate of drug-likeness (QED) is 0.753. The second kappa shape index (κ2) is 5.80. The molecule has 86 valence electrons. The fourth-order valence-electron chi connectivity index (χ4n) is 2.09. The first-order valence-corrected chi connectivity index (χ1v) is 5.99. The molecule has 1 aromatic carbocycles. The molecule has 0 bridgehead atoms. The number of benzene rings is 1. The molecule has 16 heavy (non-hydrogen) atoms. The van der Waals surface area contributed by atoms with Crippen LogP contribution in [0.2, 0.25) is 0 Å². The van der Waals surface area contributed by atoms with Gasteiger partial charge in [0.25, 0.3) is 0 Å². The Morgan fingerprint density at radius 1 is 1.19 bits per heavy atom. The van der Waals surface area contributed by atoms with Gasteiger partial charge in [0.2, 0.25) is 0 Å². The number of likely N-dealkylation sites (tertiary alicyclic amines) is 1. The van der Waals surface area contributed by atoms with Crippen LogP contribution in [0.3, 0.4) is 0 Å². The highest BCUT2D eigenvalue weighted by Gasteiger charge is 2.07. The van der Waals surface area contributed by atoms with Gasteiger partial charge in [0, 0.05) is 6.54 Å². The van der Waals surface area contributed by atoms with Crippen LogP contribution in [0.5, 0.6) is 0 Å². The van der Waals surface area contributed by atoms with E-state index >= 15 is 0 Å². The van der Waals surface area contributed by atoms with Crippen molar-refractivity contribution in [2.75, 3.05) is 19.6 Å². The van der Waals surface area contributed by atoms with Crippen molar-refractivity contribution in [3.05, 3.63) is 41.7 Å². The van der Waals surface area contributed by atoms with E-state index in [9.17, 15) is 4.39 Å². The maximum absolute atomic E-state index is 12.9. The van der Waals surface area contributed by atoms with Crippen LogP contribution in [0.15, 0.2) is 30.3 Å². The Kier molecular flexibility index (Phi) is 4.11. The van der Waals surface area contributed by atoms with Gasteiger partial charge in [-0.1, -0.05) is 30.7 Å². The topological polar surface area (TPSA) is 3.24 Å². The number of hydrogen-bond acceptors (Lipinski definition) is 1. The van der Waals surface area contributed by atoms with Crippen LogP contribution in [0.25, 0.3) is 6.08 Å². The number of piperidine rings is 1. The van der Waals surface area contributed by atoms with Gasteiger partial charge in [-0.25, -0.2) is 4.39 Å². The van der Waals surface area contributed by atoms with Crippen molar-refractivity contribution >= 4 is 6.08 Å². The lowest BCUT2D eigenvalue weighted by molar-refractivity contribution is 0.252. The van der Waals surface area contributed by atoms with Gasteiger partial charge in [-0.05, 0) is 43.6 Å². The van der Waals surface area contributed by atoms with Crippen molar-refractivity contribution < 1.29 is 4.39 Å². The van der Waals surface area contributed by atoms with E-state index in [0.717, 1.165) is 12.1 Å². The van der Waals surface area contributed by atoms with Gasteiger partial charge in [-0.2, -0.15) is 0 Å². The van der Waals surface area contributed by atoms with E-state index in [1.165, 1.54) is 38.4 Å². The molecular formula is C14H18FN. The Bertz CT molecular complexity index is 354. The number of hydrogen-bond donors (Lipinski definition) is 0. The lowest BCUT2D eigenvalue weighted by Crippen LogP contribution is -2.29. The summed E-state index contributed by atoms with van der Waals surface area (Å²) in [5.74, 6) is -0.167. The Hall–Kier alpha value is -1.15. The van der Waals surface area contributed by atoms with Crippen molar-refractivity contribution in [2.45, 2.75) is 19.3 Å². The number of nitrogens with zero attached hydrogens (tertiary/aromatic N) is 1. The van der Waals surface area contributed by atoms with Crippen LogP contribution in [-0.4, -0.2) is 24.5 Å². The second-order valence-electron chi connectivity index (χ2n) is 4.32. The van der Waals surface area contributed by atoms with Crippen LogP contribution in [0.4, 0.5) is 4.39 Å². The summed E-state index contributed by atoms with van der Waals surface area (Å²) < 4.78 is 12.9. The Morgan fingerprint density at radius 3 is 2.75 bits per heavy atom. The molecule has 1 heterocycles. The molecule has 1 aliphatic rings. The SMILES string of the molecule is Fc1cccc(C=CCN2CCCCC2)c1. The second-order valence-corrected chi connectivity index (χ2v) is 4.32. The summed E-state index contributed by atoms with van der Waals surface area (Å²) in [5.41, 5.74) is 0.942. The predicted molar refractivity (Wildman–Crippen MR) is 65.7 cm³/mol. The average molecular weight is 219 g/mol. The van der Waals surface area contributed by atoms with E-state index in [0.29, 0.717) is 0 Å². The van der Waals surface area contributed by atoms with Crippen molar-refractivity contribution in [1.82, 2.24) is 4.90 Å². The highest BCUT2D eigenvalue weighted by Crippen LogP contribution is 2.09. The van der Waals surface area contributed by atoms with Crippen LogP contribution in [0, 0.1) is 5.82 Å². The Morgan fingerprint density at radius 2 is 2.00 bits per heavy atom. The van der Waals surface area contributed by atoms with Gasteiger partial charge in [0.1, 0.15) is 5.82 Å². The minimum absolute atomic E-state index is 0.167. The van der Waals surface area contributed by atoms with E-state index in [2.05, 4.69) is 11.0 Å². The standard InChI is InChI=1S/C14H18FN/c15-14-8-4-6-13(12-14)7-5-11-16-9-2-1-3-10-16/h4-8,12H,1-3,9-11H2. The molecule has 0 spiro atoms. The fourth-order valence-corrected chi connectivity index (χ4v) is 2.09. The number of rotatable bonds is 3. The summed E-state index contributed by atoms with van der Waals surface area (Å²) in [6.45, 7) is 3.39. The first-order valence-electron chi connectivity index (χ1n) is 5.99. The zero-order valence-corrected chi connectivity index (χ0v) is 9.53. The molecular weight excluding hydrogens is 201 g/mol. The van der Waals surface area contributed by atoms with Gasteiger partial charge >= 0.3 is 0 Å².